The fourth-order valence-corrected chi connectivity index (χ4v) is 3.94. The predicted molar refractivity (Wildman–Crippen MR) is 117 cm³/mol. The average molecular weight is 396 g/mol. The van der Waals surface area contributed by atoms with E-state index in [9.17, 15) is 9.59 Å². The second-order valence-electron chi connectivity index (χ2n) is 7.37. The molecule has 4 aromatic rings. The lowest BCUT2D eigenvalue weighted by Gasteiger charge is -2.15. The summed E-state index contributed by atoms with van der Waals surface area (Å²) >= 11 is 0. The Bertz CT molecular complexity index is 1270. The molecule has 0 saturated heterocycles. The van der Waals surface area contributed by atoms with Crippen LogP contribution in [0.2, 0.25) is 0 Å². The number of rotatable bonds is 3. The molecule has 30 heavy (non-hydrogen) atoms. The number of imidazole rings is 1. The van der Waals surface area contributed by atoms with Crippen molar-refractivity contribution in [3.8, 4) is 5.69 Å². The zero-order valence-corrected chi connectivity index (χ0v) is 16.5. The lowest BCUT2D eigenvalue weighted by atomic mass is 10.1. The van der Waals surface area contributed by atoms with Crippen molar-refractivity contribution in [3.05, 3.63) is 84.2 Å². The van der Waals surface area contributed by atoms with Crippen LogP contribution in [-0.2, 0) is 11.2 Å². The summed E-state index contributed by atoms with van der Waals surface area (Å²) in [6.07, 6.45) is 2.57. The predicted octanol–water partition coefficient (Wildman–Crippen LogP) is 4.19. The maximum absolute atomic E-state index is 12.7. The van der Waals surface area contributed by atoms with Crippen LogP contribution in [-0.4, -0.2) is 27.9 Å². The van der Waals surface area contributed by atoms with Crippen LogP contribution in [0.3, 0.4) is 0 Å². The van der Waals surface area contributed by atoms with Gasteiger partial charge < -0.3 is 10.2 Å². The van der Waals surface area contributed by atoms with E-state index in [0.29, 0.717) is 12.1 Å². The number of carbonyl (C=O) groups excluding carboxylic acids is 2. The lowest BCUT2D eigenvalue weighted by molar-refractivity contribution is -0.116. The number of aromatic nitrogens is 2. The van der Waals surface area contributed by atoms with Gasteiger partial charge in [-0.2, -0.15) is 0 Å². The third-order valence-electron chi connectivity index (χ3n) is 5.47. The van der Waals surface area contributed by atoms with E-state index in [1.165, 1.54) is 0 Å². The third-order valence-corrected chi connectivity index (χ3v) is 5.47. The number of carbonyl (C=O) groups is 2. The van der Waals surface area contributed by atoms with Gasteiger partial charge in [-0.15, -0.1) is 0 Å². The largest absolute Gasteiger partial charge is 0.322 e. The normalized spacial score (nSPS) is 12.8. The van der Waals surface area contributed by atoms with Gasteiger partial charge in [0.1, 0.15) is 6.33 Å². The Hall–Kier alpha value is -3.93. The molecule has 0 fully saturated rings. The number of hydrogen-bond acceptors (Lipinski definition) is 3. The Morgan fingerprint density at radius 1 is 1.00 bits per heavy atom. The Labute approximate surface area is 173 Å². The molecule has 0 atom stereocenters. The van der Waals surface area contributed by atoms with Gasteiger partial charge in [-0.25, -0.2) is 4.98 Å². The van der Waals surface area contributed by atoms with E-state index >= 15 is 0 Å². The molecule has 1 N–H and O–H groups in total. The first-order valence-electron chi connectivity index (χ1n) is 9.85. The summed E-state index contributed by atoms with van der Waals surface area (Å²) in [5, 5.41) is 2.95. The molecule has 5 rings (SSSR count). The molecule has 0 saturated carbocycles. The average Bonchev–Trinajstić information content (AvgIpc) is 3.38. The van der Waals surface area contributed by atoms with Crippen molar-refractivity contribution in [1.29, 1.82) is 0 Å². The Morgan fingerprint density at radius 2 is 1.80 bits per heavy atom. The van der Waals surface area contributed by atoms with Crippen molar-refractivity contribution in [1.82, 2.24) is 9.55 Å². The smallest absolute Gasteiger partial charge is 0.255 e. The number of anilines is 2. The van der Waals surface area contributed by atoms with Crippen LogP contribution in [0.5, 0.6) is 0 Å². The summed E-state index contributed by atoms with van der Waals surface area (Å²) in [7, 11) is 0. The van der Waals surface area contributed by atoms with Crippen molar-refractivity contribution in [2.45, 2.75) is 13.3 Å². The minimum Gasteiger partial charge on any atom is -0.322 e. The standard InChI is InChI=1S/C24H20N4O2/c1-16(29)27-13-12-17-14-18(6-11-22(17)27)24(30)26-19-7-9-20(10-8-19)28-15-25-21-4-2-3-5-23(21)28/h2-11,14-15H,12-13H2,1H3,(H,26,30). The molecular formula is C24H20N4O2. The topological polar surface area (TPSA) is 67.2 Å². The molecule has 0 radical (unpaired) electrons. The van der Waals surface area contributed by atoms with Gasteiger partial charge in [0, 0.05) is 36.1 Å². The van der Waals surface area contributed by atoms with Crippen molar-refractivity contribution >= 4 is 34.2 Å². The van der Waals surface area contributed by atoms with E-state index in [1.54, 1.807) is 24.2 Å². The first-order valence-corrected chi connectivity index (χ1v) is 9.85. The molecule has 0 bridgehead atoms. The Morgan fingerprint density at radius 3 is 2.60 bits per heavy atom. The highest BCUT2D eigenvalue weighted by atomic mass is 16.2. The lowest BCUT2D eigenvalue weighted by Crippen LogP contribution is -2.25. The summed E-state index contributed by atoms with van der Waals surface area (Å²) < 4.78 is 2.02. The summed E-state index contributed by atoms with van der Waals surface area (Å²) in [5.41, 5.74) is 6.18. The summed E-state index contributed by atoms with van der Waals surface area (Å²) in [6.45, 7) is 2.23. The van der Waals surface area contributed by atoms with Gasteiger partial charge in [0.05, 0.1) is 11.0 Å². The molecular weight excluding hydrogens is 376 g/mol. The highest BCUT2D eigenvalue weighted by Crippen LogP contribution is 2.29. The Balaban J connectivity index is 1.34. The van der Waals surface area contributed by atoms with Gasteiger partial charge in [-0.3, -0.25) is 14.2 Å². The molecule has 3 aromatic carbocycles. The third kappa shape index (κ3) is 3.12. The fourth-order valence-electron chi connectivity index (χ4n) is 3.94. The fraction of sp³-hybridized carbons (Fsp3) is 0.125. The minimum atomic E-state index is -0.167. The van der Waals surface area contributed by atoms with Crippen LogP contribution < -0.4 is 10.2 Å². The highest BCUT2D eigenvalue weighted by Gasteiger charge is 2.23. The maximum atomic E-state index is 12.7. The number of nitrogens with one attached hydrogen (secondary N) is 1. The molecule has 6 heteroatoms. The van der Waals surface area contributed by atoms with Crippen molar-refractivity contribution in [3.63, 3.8) is 0 Å². The molecule has 6 nitrogen and oxygen atoms in total. The number of hydrogen-bond donors (Lipinski definition) is 1. The van der Waals surface area contributed by atoms with Gasteiger partial charge in [0.25, 0.3) is 5.91 Å². The van der Waals surface area contributed by atoms with Crippen LogP contribution in [0.15, 0.2) is 73.1 Å². The molecule has 1 aliphatic heterocycles. The molecule has 2 amide bonds. The van der Waals surface area contributed by atoms with E-state index in [4.69, 9.17) is 0 Å². The van der Waals surface area contributed by atoms with Crippen LogP contribution >= 0.6 is 0 Å². The maximum Gasteiger partial charge on any atom is 0.255 e. The van der Waals surface area contributed by atoms with Crippen LogP contribution in [0, 0.1) is 0 Å². The van der Waals surface area contributed by atoms with E-state index in [-0.39, 0.29) is 11.8 Å². The van der Waals surface area contributed by atoms with Gasteiger partial charge in [0.15, 0.2) is 0 Å². The van der Waals surface area contributed by atoms with Crippen molar-refractivity contribution in [2.24, 2.45) is 0 Å². The number of nitrogens with zero attached hydrogens (tertiary/aromatic N) is 3. The van der Waals surface area contributed by atoms with E-state index < -0.39 is 0 Å². The van der Waals surface area contributed by atoms with Crippen LogP contribution in [0.4, 0.5) is 11.4 Å². The second-order valence-corrected chi connectivity index (χ2v) is 7.37. The quantitative estimate of drug-likeness (QED) is 0.565. The number of amides is 2. The van der Waals surface area contributed by atoms with Crippen LogP contribution in [0.25, 0.3) is 16.7 Å². The molecule has 0 unspecified atom stereocenters. The Kier molecular flexibility index (Phi) is 4.32. The molecule has 2 heterocycles. The highest BCUT2D eigenvalue weighted by molar-refractivity contribution is 6.05. The van der Waals surface area contributed by atoms with Gasteiger partial charge in [-0.1, -0.05) is 12.1 Å². The van der Waals surface area contributed by atoms with Gasteiger partial charge in [0.2, 0.25) is 5.91 Å². The first kappa shape index (κ1) is 18.1. The molecule has 148 valence electrons. The summed E-state index contributed by atoms with van der Waals surface area (Å²) in [6, 6.07) is 21.1. The van der Waals surface area contributed by atoms with Crippen molar-refractivity contribution in [2.75, 3.05) is 16.8 Å². The number of fused-ring (bicyclic) bond motifs is 2. The molecule has 0 spiro atoms. The summed E-state index contributed by atoms with van der Waals surface area (Å²) in [5.74, 6) is -0.142. The monoisotopic (exact) mass is 396 g/mol. The SMILES string of the molecule is CC(=O)N1CCc2cc(C(=O)Nc3ccc(-n4cnc5ccccc54)cc3)ccc21. The van der Waals surface area contributed by atoms with E-state index in [2.05, 4.69) is 10.3 Å². The van der Waals surface area contributed by atoms with Crippen molar-refractivity contribution < 1.29 is 9.59 Å². The number of benzene rings is 3. The summed E-state index contributed by atoms with van der Waals surface area (Å²) in [4.78, 5) is 30.6. The van der Waals surface area contributed by atoms with E-state index in [0.717, 1.165) is 40.1 Å². The number of para-hydroxylation sites is 2. The minimum absolute atomic E-state index is 0.0247. The zero-order valence-electron chi connectivity index (χ0n) is 16.5. The first-order chi connectivity index (χ1) is 14.6. The molecule has 0 aliphatic carbocycles. The van der Waals surface area contributed by atoms with Crippen LogP contribution in [0.1, 0.15) is 22.8 Å². The zero-order chi connectivity index (χ0) is 20.7. The van der Waals surface area contributed by atoms with Gasteiger partial charge in [-0.05, 0) is 66.6 Å². The van der Waals surface area contributed by atoms with E-state index in [1.807, 2.05) is 65.2 Å². The second kappa shape index (κ2) is 7.15. The van der Waals surface area contributed by atoms with Gasteiger partial charge >= 0.3 is 0 Å². The molecule has 1 aliphatic rings. The molecule has 1 aromatic heterocycles.